The van der Waals surface area contributed by atoms with Crippen LogP contribution in [-0.2, 0) is 0 Å². The third-order valence-corrected chi connectivity index (χ3v) is 4.19. The topological polar surface area (TPSA) is 89.9 Å². The van der Waals surface area contributed by atoms with E-state index in [0.717, 1.165) is 18.4 Å². The summed E-state index contributed by atoms with van der Waals surface area (Å²) < 4.78 is 5.28. The Morgan fingerprint density at radius 3 is 2.67 bits per heavy atom. The van der Waals surface area contributed by atoms with Gasteiger partial charge in [0.25, 0.3) is 5.91 Å². The van der Waals surface area contributed by atoms with Crippen molar-refractivity contribution in [2.75, 3.05) is 13.1 Å². The van der Waals surface area contributed by atoms with Crippen LogP contribution in [-0.4, -0.2) is 49.0 Å². The summed E-state index contributed by atoms with van der Waals surface area (Å²) in [4.78, 5) is 20.1. The highest BCUT2D eigenvalue weighted by Crippen LogP contribution is 2.23. The maximum atomic E-state index is 12.6. The van der Waals surface area contributed by atoms with Gasteiger partial charge in [-0.3, -0.25) is 9.78 Å². The van der Waals surface area contributed by atoms with E-state index in [9.17, 15) is 4.79 Å². The smallest absolute Gasteiger partial charge is 0.276 e. The van der Waals surface area contributed by atoms with E-state index >= 15 is 0 Å². The fraction of sp³-hybridized carbons (Fsp3) is 0.312. The molecule has 4 rings (SSSR count). The van der Waals surface area contributed by atoms with E-state index < -0.39 is 0 Å². The first-order chi connectivity index (χ1) is 11.8. The molecule has 4 heterocycles. The summed E-state index contributed by atoms with van der Waals surface area (Å²) in [6.45, 7) is 1.31. The lowest BCUT2D eigenvalue weighted by Gasteiger charge is -2.30. The minimum Gasteiger partial charge on any atom is -0.355 e. The fourth-order valence-corrected chi connectivity index (χ4v) is 2.90. The molecule has 0 atom stereocenters. The predicted molar refractivity (Wildman–Crippen MR) is 83.9 cm³/mol. The first kappa shape index (κ1) is 14.6. The van der Waals surface area contributed by atoms with Crippen molar-refractivity contribution in [1.29, 1.82) is 0 Å². The van der Waals surface area contributed by atoms with Gasteiger partial charge in [-0.1, -0.05) is 5.16 Å². The first-order valence-electron chi connectivity index (χ1n) is 7.83. The van der Waals surface area contributed by atoms with Crippen LogP contribution in [0.2, 0.25) is 0 Å². The second kappa shape index (κ2) is 6.23. The van der Waals surface area contributed by atoms with Crippen molar-refractivity contribution in [3.8, 4) is 11.3 Å². The average Bonchev–Trinajstić information content (AvgIpc) is 3.34. The maximum Gasteiger partial charge on any atom is 0.276 e. The second-order valence-corrected chi connectivity index (χ2v) is 5.69. The van der Waals surface area contributed by atoms with Gasteiger partial charge in [-0.05, 0) is 25.0 Å². The maximum absolute atomic E-state index is 12.6. The Hall–Kier alpha value is -3.03. The van der Waals surface area contributed by atoms with Crippen LogP contribution in [0.25, 0.3) is 11.3 Å². The van der Waals surface area contributed by atoms with Crippen LogP contribution in [0.15, 0.2) is 47.5 Å². The molecule has 8 nitrogen and oxygen atoms in total. The summed E-state index contributed by atoms with van der Waals surface area (Å²) in [5.74, 6) is 0.433. The SMILES string of the molecule is O=C(c1cc(-c2cccnc2)on1)N1CCC(n2nccn2)CC1. The van der Waals surface area contributed by atoms with Crippen molar-refractivity contribution in [2.45, 2.75) is 18.9 Å². The standard InChI is InChI=1S/C16H16N6O2/c23-16(14-10-15(24-20-14)12-2-1-5-17-11-12)21-8-3-13(4-9-21)22-18-6-7-19-22/h1-2,5-7,10-11,13H,3-4,8-9H2. The molecule has 24 heavy (non-hydrogen) atoms. The van der Waals surface area contributed by atoms with Gasteiger partial charge >= 0.3 is 0 Å². The Morgan fingerprint density at radius 1 is 1.17 bits per heavy atom. The summed E-state index contributed by atoms with van der Waals surface area (Å²) in [6, 6.07) is 5.59. The van der Waals surface area contributed by atoms with Crippen LogP contribution in [0.3, 0.4) is 0 Å². The third-order valence-electron chi connectivity index (χ3n) is 4.19. The predicted octanol–water partition coefficient (Wildman–Crippen LogP) is 1.81. The Morgan fingerprint density at radius 2 is 1.96 bits per heavy atom. The quantitative estimate of drug-likeness (QED) is 0.730. The van der Waals surface area contributed by atoms with Crippen molar-refractivity contribution >= 4 is 5.91 Å². The number of hydrogen-bond donors (Lipinski definition) is 0. The minimum absolute atomic E-state index is 0.110. The molecule has 3 aromatic heterocycles. The van der Waals surface area contributed by atoms with Gasteiger partial charge in [-0.2, -0.15) is 15.0 Å². The van der Waals surface area contributed by atoms with Gasteiger partial charge in [0.1, 0.15) is 0 Å². The molecule has 0 saturated carbocycles. The zero-order chi connectivity index (χ0) is 16.4. The van der Waals surface area contributed by atoms with Crippen molar-refractivity contribution in [3.63, 3.8) is 0 Å². The molecule has 0 N–H and O–H groups in total. The van der Waals surface area contributed by atoms with Crippen molar-refractivity contribution < 1.29 is 9.32 Å². The molecule has 1 saturated heterocycles. The van der Waals surface area contributed by atoms with E-state index in [0.29, 0.717) is 24.5 Å². The molecule has 1 amide bonds. The van der Waals surface area contributed by atoms with Gasteiger partial charge in [0.15, 0.2) is 11.5 Å². The number of carbonyl (C=O) groups is 1. The Balaban J connectivity index is 1.43. The van der Waals surface area contributed by atoms with Crippen LogP contribution in [0.5, 0.6) is 0 Å². The number of pyridine rings is 1. The molecule has 8 heteroatoms. The largest absolute Gasteiger partial charge is 0.355 e. The summed E-state index contributed by atoms with van der Waals surface area (Å²) in [7, 11) is 0. The fourth-order valence-electron chi connectivity index (χ4n) is 2.90. The molecule has 1 aliphatic rings. The number of amides is 1. The molecule has 1 fully saturated rings. The van der Waals surface area contributed by atoms with E-state index in [4.69, 9.17) is 4.52 Å². The van der Waals surface area contributed by atoms with Crippen molar-refractivity contribution in [1.82, 2.24) is 30.0 Å². The van der Waals surface area contributed by atoms with Gasteiger partial charge in [0, 0.05) is 37.1 Å². The number of carbonyl (C=O) groups excluding carboxylic acids is 1. The molecule has 122 valence electrons. The lowest BCUT2D eigenvalue weighted by Crippen LogP contribution is -2.39. The van der Waals surface area contributed by atoms with Crippen molar-refractivity contribution in [2.24, 2.45) is 0 Å². The van der Waals surface area contributed by atoms with Gasteiger partial charge in [-0.15, -0.1) is 0 Å². The van der Waals surface area contributed by atoms with Gasteiger partial charge in [0.05, 0.1) is 18.4 Å². The van der Waals surface area contributed by atoms with Crippen LogP contribution < -0.4 is 0 Å². The zero-order valence-electron chi connectivity index (χ0n) is 12.9. The van der Waals surface area contributed by atoms with E-state index in [1.807, 2.05) is 12.1 Å². The Labute approximate surface area is 138 Å². The van der Waals surface area contributed by atoms with Gasteiger partial charge in [-0.25, -0.2) is 0 Å². The summed E-state index contributed by atoms with van der Waals surface area (Å²) in [5.41, 5.74) is 1.12. The molecule has 0 radical (unpaired) electrons. The molecule has 1 aliphatic heterocycles. The van der Waals surface area contributed by atoms with Crippen LogP contribution >= 0.6 is 0 Å². The summed E-state index contributed by atoms with van der Waals surface area (Å²) in [5, 5.41) is 12.3. The van der Waals surface area contributed by atoms with E-state index in [1.165, 1.54) is 0 Å². The lowest BCUT2D eigenvalue weighted by atomic mass is 10.1. The average molecular weight is 324 g/mol. The van der Waals surface area contributed by atoms with E-state index in [-0.39, 0.29) is 11.9 Å². The van der Waals surface area contributed by atoms with E-state index in [2.05, 4.69) is 20.3 Å². The van der Waals surface area contributed by atoms with Crippen LogP contribution in [0, 0.1) is 0 Å². The van der Waals surface area contributed by atoms with E-state index in [1.54, 1.807) is 40.6 Å². The number of hydrogen-bond acceptors (Lipinski definition) is 6. The Kier molecular flexibility index (Phi) is 3.78. The monoisotopic (exact) mass is 324 g/mol. The van der Waals surface area contributed by atoms with Gasteiger partial charge < -0.3 is 9.42 Å². The number of piperidine rings is 1. The first-order valence-corrected chi connectivity index (χ1v) is 7.83. The second-order valence-electron chi connectivity index (χ2n) is 5.69. The molecule has 0 spiro atoms. The summed E-state index contributed by atoms with van der Waals surface area (Å²) in [6.07, 6.45) is 8.36. The molecule has 0 aliphatic carbocycles. The van der Waals surface area contributed by atoms with Crippen molar-refractivity contribution in [3.05, 3.63) is 48.7 Å². The Bertz CT molecular complexity index is 806. The highest BCUT2D eigenvalue weighted by molar-refractivity contribution is 5.93. The number of nitrogens with zero attached hydrogens (tertiary/aromatic N) is 6. The molecular weight excluding hydrogens is 308 g/mol. The normalized spacial score (nSPS) is 15.6. The highest BCUT2D eigenvalue weighted by atomic mass is 16.5. The molecular formula is C16H16N6O2. The number of likely N-dealkylation sites (tertiary alicyclic amines) is 1. The third kappa shape index (κ3) is 2.78. The molecule has 0 aromatic carbocycles. The molecule has 0 unspecified atom stereocenters. The minimum atomic E-state index is -0.110. The molecule has 3 aromatic rings. The zero-order valence-corrected chi connectivity index (χ0v) is 12.9. The highest BCUT2D eigenvalue weighted by Gasteiger charge is 2.27. The number of aromatic nitrogens is 5. The van der Waals surface area contributed by atoms with Gasteiger partial charge in [0.2, 0.25) is 0 Å². The summed E-state index contributed by atoms with van der Waals surface area (Å²) >= 11 is 0. The number of rotatable bonds is 3. The van der Waals surface area contributed by atoms with Crippen LogP contribution in [0.4, 0.5) is 0 Å². The van der Waals surface area contributed by atoms with Crippen LogP contribution in [0.1, 0.15) is 29.4 Å². The lowest BCUT2D eigenvalue weighted by molar-refractivity contribution is 0.0673. The molecule has 0 bridgehead atoms.